The molecule has 0 aromatic rings. The van der Waals surface area contributed by atoms with Gasteiger partial charge in [0.15, 0.2) is 6.10 Å². The molecular weight excluding hydrogens is 262 g/mol. The van der Waals surface area contributed by atoms with Crippen LogP contribution < -0.4 is 5.32 Å². The highest BCUT2D eigenvalue weighted by Gasteiger charge is 2.33. The average Bonchev–Trinajstić information content (AvgIpc) is 2.93. The fraction of sp³-hybridized carbons (Fsp3) is 0.769. The summed E-state index contributed by atoms with van der Waals surface area (Å²) in [7, 11) is 0. The van der Waals surface area contributed by atoms with Gasteiger partial charge in [0.05, 0.1) is 25.1 Å². The minimum absolute atomic E-state index is 0.00394. The second kappa shape index (κ2) is 6.57. The Kier molecular flexibility index (Phi) is 4.79. The van der Waals surface area contributed by atoms with Gasteiger partial charge in [-0.3, -0.25) is 4.79 Å². The maximum Gasteiger partial charge on any atom is 0.317 e. The molecule has 0 aromatic heterocycles. The normalized spacial score (nSPS) is 29.8. The first kappa shape index (κ1) is 14.6. The fourth-order valence-corrected chi connectivity index (χ4v) is 2.85. The number of urea groups is 1. The largest absolute Gasteiger partial charge is 0.481 e. The molecule has 2 aliphatic rings. The number of carboxylic acids is 1. The van der Waals surface area contributed by atoms with Crippen molar-refractivity contribution in [2.75, 3.05) is 26.2 Å². The van der Waals surface area contributed by atoms with E-state index in [4.69, 9.17) is 15.1 Å². The molecule has 7 nitrogen and oxygen atoms in total. The highest BCUT2D eigenvalue weighted by atomic mass is 16.5. The SMILES string of the molecule is N#CC1CN(C(=O)NCC2CCCC2C(=O)O)CCO1. The fourth-order valence-electron chi connectivity index (χ4n) is 2.85. The van der Waals surface area contributed by atoms with Crippen molar-refractivity contribution in [1.29, 1.82) is 5.26 Å². The van der Waals surface area contributed by atoms with Crippen molar-refractivity contribution in [2.45, 2.75) is 25.4 Å². The summed E-state index contributed by atoms with van der Waals surface area (Å²) in [5.41, 5.74) is 0. The Labute approximate surface area is 117 Å². The molecule has 3 atom stereocenters. The first-order chi connectivity index (χ1) is 9.61. The van der Waals surface area contributed by atoms with Crippen LogP contribution in [0.25, 0.3) is 0 Å². The Morgan fingerprint density at radius 2 is 2.25 bits per heavy atom. The number of carbonyl (C=O) groups excluding carboxylic acids is 1. The van der Waals surface area contributed by atoms with Crippen LogP contribution >= 0.6 is 0 Å². The summed E-state index contributed by atoms with van der Waals surface area (Å²) in [6.45, 7) is 1.45. The number of carbonyl (C=O) groups is 2. The lowest BCUT2D eigenvalue weighted by molar-refractivity contribution is -0.142. The second-order valence-electron chi connectivity index (χ2n) is 5.26. The van der Waals surface area contributed by atoms with Crippen molar-refractivity contribution in [2.24, 2.45) is 11.8 Å². The molecule has 1 saturated carbocycles. The summed E-state index contributed by atoms with van der Waals surface area (Å²) in [6.07, 6.45) is 1.84. The van der Waals surface area contributed by atoms with E-state index in [1.165, 1.54) is 0 Å². The number of carboxylic acid groups (broad SMARTS) is 1. The van der Waals surface area contributed by atoms with E-state index in [0.29, 0.717) is 26.1 Å². The third-order valence-electron chi connectivity index (χ3n) is 3.99. The first-order valence-corrected chi connectivity index (χ1v) is 6.88. The maximum absolute atomic E-state index is 12.0. The van der Waals surface area contributed by atoms with Gasteiger partial charge in [-0.2, -0.15) is 5.26 Å². The molecule has 0 bridgehead atoms. The van der Waals surface area contributed by atoms with E-state index in [0.717, 1.165) is 12.8 Å². The number of morpholine rings is 1. The molecule has 2 amide bonds. The van der Waals surface area contributed by atoms with Crippen LogP contribution in [0.1, 0.15) is 19.3 Å². The number of nitrogens with zero attached hydrogens (tertiary/aromatic N) is 2. The molecule has 0 spiro atoms. The minimum Gasteiger partial charge on any atom is -0.481 e. The van der Waals surface area contributed by atoms with Crippen molar-refractivity contribution in [1.82, 2.24) is 10.2 Å². The van der Waals surface area contributed by atoms with Crippen molar-refractivity contribution < 1.29 is 19.4 Å². The summed E-state index contributed by atoms with van der Waals surface area (Å²) in [6, 6.07) is 1.74. The minimum atomic E-state index is -0.780. The van der Waals surface area contributed by atoms with Gasteiger partial charge in [0.2, 0.25) is 0 Å². The third-order valence-corrected chi connectivity index (χ3v) is 3.99. The highest BCUT2D eigenvalue weighted by Crippen LogP contribution is 2.31. The van der Waals surface area contributed by atoms with Gasteiger partial charge in [-0.05, 0) is 18.8 Å². The Bertz CT molecular complexity index is 420. The van der Waals surface area contributed by atoms with E-state index >= 15 is 0 Å². The summed E-state index contributed by atoms with van der Waals surface area (Å²) in [5.74, 6) is -1.13. The Morgan fingerprint density at radius 1 is 1.45 bits per heavy atom. The second-order valence-corrected chi connectivity index (χ2v) is 5.26. The standard InChI is InChI=1S/C13H19N3O4/c14-6-10-8-16(4-5-20-10)13(19)15-7-9-2-1-3-11(9)12(17)18/h9-11H,1-5,7-8H2,(H,15,19)(H,17,18). The molecule has 2 fully saturated rings. The summed E-state index contributed by atoms with van der Waals surface area (Å²) in [5, 5.41) is 20.7. The number of hydrogen-bond acceptors (Lipinski definition) is 4. The van der Waals surface area contributed by atoms with Gasteiger partial charge in [0.1, 0.15) is 0 Å². The molecule has 0 aromatic carbocycles. The number of rotatable bonds is 3. The van der Waals surface area contributed by atoms with Crippen LogP contribution in [-0.4, -0.2) is 54.4 Å². The zero-order chi connectivity index (χ0) is 14.5. The van der Waals surface area contributed by atoms with Crippen LogP contribution in [0.4, 0.5) is 4.79 Å². The number of hydrogen-bond donors (Lipinski definition) is 2. The molecule has 7 heteroatoms. The van der Waals surface area contributed by atoms with E-state index in [-0.39, 0.29) is 24.4 Å². The maximum atomic E-state index is 12.0. The zero-order valence-electron chi connectivity index (χ0n) is 11.2. The molecule has 0 radical (unpaired) electrons. The lowest BCUT2D eigenvalue weighted by Gasteiger charge is -2.30. The Balaban J connectivity index is 1.80. The predicted octanol–water partition coefficient (Wildman–Crippen LogP) is 0.421. The van der Waals surface area contributed by atoms with Crippen molar-refractivity contribution >= 4 is 12.0 Å². The van der Waals surface area contributed by atoms with Gasteiger partial charge in [-0.1, -0.05) is 6.42 Å². The number of nitrogens with one attached hydrogen (secondary N) is 1. The van der Waals surface area contributed by atoms with E-state index in [1.54, 1.807) is 4.90 Å². The van der Waals surface area contributed by atoms with Crippen LogP contribution in [0.3, 0.4) is 0 Å². The van der Waals surface area contributed by atoms with Crippen LogP contribution in [0, 0.1) is 23.2 Å². The van der Waals surface area contributed by atoms with Gasteiger partial charge in [-0.25, -0.2) is 4.79 Å². The summed E-state index contributed by atoms with van der Waals surface area (Å²) in [4.78, 5) is 24.6. The molecule has 1 aliphatic carbocycles. The molecule has 2 N–H and O–H groups in total. The zero-order valence-corrected chi connectivity index (χ0v) is 11.2. The highest BCUT2D eigenvalue weighted by molar-refractivity contribution is 5.75. The van der Waals surface area contributed by atoms with Crippen LogP contribution in [0.15, 0.2) is 0 Å². The third kappa shape index (κ3) is 3.39. The number of ether oxygens (including phenoxy) is 1. The summed E-state index contributed by atoms with van der Waals surface area (Å²) < 4.78 is 5.17. The van der Waals surface area contributed by atoms with E-state index in [9.17, 15) is 9.59 Å². The van der Waals surface area contributed by atoms with E-state index in [2.05, 4.69) is 5.32 Å². The van der Waals surface area contributed by atoms with Gasteiger partial charge >= 0.3 is 12.0 Å². The molecule has 1 heterocycles. The topological polar surface area (TPSA) is 103 Å². The van der Waals surface area contributed by atoms with Gasteiger partial charge in [0.25, 0.3) is 0 Å². The van der Waals surface area contributed by atoms with Gasteiger partial charge in [0, 0.05) is 13.1 Å². The van der Waals surface area contributed by atoms with Crippen molar-refractivity contribution in [3.05, 3.63) is 0 Å². The molecule has 3 unspecified atom stereocenters. The van der Waals surface area contributed by atoms with Gasteiger partial charge in [-0.15, -0.1) is 0 Å². The number of aliphatic carboxylic acids is 1. The average molecular weight is 281 g/mol. The summed E-state index contributed by atoms with van der Waals surface area (Å²) >= 11 is 0. The molecular formula is C13H19N3O4. The number of nitriles is 1. The van der Waals surface area contributed by atoms with E-state index < -0.39 is 12.1 Å². The lowest BCUT2D eigenvalue weighted by atomic mass is 9.96. The van der Waals surface area contributed by atoms with E-state index in [1.807, 2.05) is 6.07 Å². The smallest absolute Gasteiger partial charge is 0.317 e. The van der Waals surface area contributed by atoms with Gasteiger partial charge < -0.3 is 20.1 Å². The molecule has 20 heavy (non-hydrogen) atoms. The Hall–Kier alpha value is -1.81. The van der Waals surface area contributed by atoms with Crippen molar-refractivity contribution in [3.63, 3.8) is 0 Å². The predicted molar refractivity (Wildman–Crippen MR) is 68.8 cm³/mol. The first-order valence-electron chi connectivity index (χ1n) is 6.88. The quantitative estimate of drug-likeness (QED) is 0.780. The molecule has 1 saturated heterocycles. The number of amides is 2. The molecule has 2 rings (SSSR count). The molecule has 1 aliphatic heterocycles. The van der Waals surface area contributed by atoms with Crippen LogP contribution in [0.5, 0.6) is 0 Å². The van der Waals surface area contributed by atoms with Crippen LogP contribution in [-0.2, 0) is 9.53 Å². The lowest BCUT2D eigenvalue weighted by Crippen LogP contribution is -2.50. The Morgan fingerprint density at radius 3 is 2.95 bits per heavy atom. The molecule has 110 valence electrons. The van der Waals surface area contributed by atoms with Crippen LogP contribution in [0.2, 0.25) is 0 Å². The van der Waals surface area contributed by atoms with Crippen molar-refractivity contribution in [3.8, 4) is 6.07 Å². The monoisotopic (exact) mass is 281 g/mol.